The molecule has 1 N–H and O–H groups in total. The Morgan fingerprint density at radius 3 is 2.90 bits per heavy atom. The lowest BCUT2D eigenvalue weighted by Gasteiger charge is -2.32. The van der Waals surface area contributed by atoms with Crippen molar-refractivity contribution in [1.82, 2.24) is 25.1 Å². The molecule has 0 amide bonds. The summed E-state index contributed by atoms with van der Waals surface area (Å²) in [7, 11) is 2.19. The highest BCUT2D eigenvalue weighted by Crippen LogP contribution is 2.16. The van der Waals surface area contributed by atoms with E-state index in [9.17, 15) is 0 Å². The molecule has 1 aliphatic heterocycles. The van der Waals surface area contributed by atoms with Crippen molar-refractivity contribution >= 4 is 5.95 Å². The van der Waals surface area contributed by atoms with Gasteiger partial charge in [-0.1, -0.05) is 29.7 Å². The van der Waals surface area contributed by atoms with Crippen molar-refractivity contribution in [3.8, 4) is 5.69 Å². The predicted molar refractivity (Wildman–Crippen MR) is 77.9 cm³/mol. The number of aromatic nitrogens is 4. The van der Waals surface area contributed by atoms with Gasteiger partial charge in [0.05, 0.1) is 5.69 Å². The molecule has 3 rings (SSSR count). The third-order valence-electron chi connectivity index (χ3n) is 3.89. The SMILES string of the molecule is CN1CCCCC1CNc1nnnn1-c1ccccc1. The molecule has 6 nitrogen and oxygen atoms in total. The molecule has 1 unspecified atom stereocenters. The number of rotatable bonds is 4. The molecular formula is C14H20N6. The Balaban J connectivity index is 1.68. The summed E-state index contributed by atoms with van der Waals surface area (Å²) in [6, 6.07) is 10.5. The van der Waals surface area contributed by atoms with Crippen LogP contribution in [-0.4, -0.2) is 51.3 Å². The molecule has 1 saturated heterocycles. The van der Waals surface area contributed by atoms with Crippen LogP contribution in [0.1, 0.15) is 19.3 Å². The van der Waals surface area contributed by atoms with Crippen LogP contribution in [0.5, 0.6) is 0 Å². The monoisotopic (exact) mass is 272 g/mol. The van der Waals surface area contributed by atoms with Gasteiger partial charge in [0.25, 0.3) is 0 Å². The molecule has 1 aliphatic rings. The molecule has 1 fully saturated rings. The van der Waals surface area contributed by atoms with Crippen molar-refractivity contribution in [2.45, 2.75) is 25.3 Å². The molecule has 20 heavy (non-hydrogen) atoms. The van der Waals surface area contributed by atoms with E-state index in [0.717, 1.165) is 12.2 Å². The number of piperidine rings is 1. The molecule has 1 atom stereocenters. The highest BCUT2D eigenvalue weighted by Gasteiger charge is 2.19. The quantitative estimate of drug-likeness (QED) is 0.915. The number of para-hydroxylation sites is 1. The Bertz CT molecular complexity index is 538. The Morgan fingerprint density at radius 2 is 2.10 bits per heavy atom. The lowest BCUT2D eigenvalue weighted by atomic mass is 10.0. The van der Waals surface area contributed by atoms with Gasteiger partial charge in [0.1, 0.15) is 0 Å². The standard InChI is InChI=1S/C14H20N6/c1-19-10-6-5-9-13(19)11-15-14-16-17-18-20(14)12-7-3-2-4-8-12/h2-4,7-8,13H,5-6,9-11H2,1H3,(H,15,16,18). The largest absolute Gasteiger partial charge is 0.351 e. The smallest absolute Gasteiger partial charge is 0.247 e. The van der Waals surface area contributed by atoms with Crippen molar-refractivity contribution in [1.29, 1.82) is 0 Å². The average Bonchev–Trinajstić information content (AvgIpc) is 2.96. The van der Waals surface area contributed by atoms with E-state index in [2.05, 4.69) is 32.8 Å². The Morgan fingerprint density at radius 1 is 1.25 bits per heavy atom. The van der Waals surface area contributed by atoms with E-state index in [1.807, 2.05) is 30.3 Å². The Hall–Kier alpha value is -1.95. The van der Waals surface area contributed by atoms with Crippen LogP contribution in [0.15, 0.2) is 30.3 Å². The second-order valence-electron chi connectivity index (χ2n) is 5.26. The number of hydrogen-bond donors (Lipinski definition) is 1. The fourth-order valence-corrected chi connectivity index (χ4v) is 2.65. The molecule has 2 aromatic rings. The summed E-state index contributed by atoms with van der Waals surface area (Å²) in [5.41, 5.74) is 0.969. The number of anilines is 1. The number of tetrazole rings is 1. The molecule has 0 bridgehead atoms. The lowest BCUT2D eigenvalue weighted by Crippen LogP contribution is -2.41. The highest BCUT2D eigenvalue weighted by atomic mass is 15.6. The number of hydrogen-bond acceptors (Lipinski definition) is 5. The van der Waals surface area contributed by atoms with E-state index >= 15 is 0 Å². The molecule has 1 aromatic carbocycles. The minimum absolute atomic E-state index is 0.560. The summed E-state index contributed by atoms with van der Waals surface area (Å²) >= 11 is 0. The zero-order valence-electron chi connectivity index (χ0n) is 11.7. The number of likely N-dealkylation sites (N-methyl/N-ethyl adjacent to an activating group) is 1. The fraction of sp³-hybridized carbons (Fsp3) is 0.500. The zero-order chi connectivity index (χ0) is 13.8. The summed E-state index contributed by atoms with van der Waals surface area (Å²) < 4.78 is 1.74. The maximum Gasteiger partial charge on any atom is 0.247 e. The molecule has 106 valence electrons. The van der Waals surface area contributed by atoms with Crippen LogP contribution in [0.2, 0.25) is 0 Å². The van der Waals surface area contributed by atoms with E-state index in [1.165, 1.54) is 25.8 Å². The van der Waals surface area contributed by atoms with Gasteiger partial charge in [0.15, 0.2) is 0 Å². The molecule has 2 heterocycles. The molecule has 6 heteroatoms. The molecule has 1 aromatic heterocycles. The predicted octanol–water partition coefficient (Wildman–Crippen LogP) is 1.56. The van der Waals surface area contributed by atoms with Gasteiger partial charge in [-0.15, -0.1) is 0 Å². The molecular weight excluding hydrogens is 252 g/mol. The summed E-state index contributed by atoms with van der Waals surface area (Å²) in [4.78, 5) is 2.41. The molecule has 0 saturated carbocycles. The van der Waals surface area contributed by atoms with Gasteiger partial charge < -0.3 is 10.2 Å². The van der Waals surface area contributed by atoms with Gasteiger partial charge >= 0.3 is 0 Å². The van der Waals surface area contributed by atoms with Crippen LogP contribution in [0, 0.1) is 0 Å². The van der Waals surface area contributed by atoms with E-state index in [-0.39, 0.29) is 0 Å². The van der Waals surface area contributed by atoms with Crippen molar-refractivity contribution < 1.29 is 0 Å². The maximum atomic E-state index is 4.07. The summed E-state index contributed by atoms with van der Waals surface area (Å²) in [5, 5.41) is 15.3. The number of nitrogens with zero attached hydrogens (tertiary/aromatic N) is 5. The summed E-state index contributed by atoms with van der Waals surface area (Å²) in [6.45, 7) is 2.06. The van der Waals surface area contributed by atoms with Crippen LogP contribution in [0.4, 0.5) is 5.95 Å². The molecule has 0 radical (unpaired) electrons. The number of nitrogens with one attached hydrogen (secondary N) is 1. The van der Waals surface area contributed by atoms with Gasteiger partial charge in [0, 0.05) is 12.6 Å². The van der Waals surface area contributed by atoms with E-state index in [0.29, 0.717) is 12.0 Å². The Labute approximate surface area is 118 Å². The minimum Gasteiger partial charge on any atom is -0.351 e. The van der Waals surface area contributed by atoms with Crippen LogP contribution in [0.25, 0.3) is 5.69 Å². The normalized spacial score (nSPS) is 19.9. The fourth-order valence-electron chi connectivity index (χ4n) is 2.65. The summed E-state index contributed by atoms with van der Waals surface area (Å²) in [6.07, 6.45) is 3.84. The first kappa shape index (κ1) is 13.1. The first-order valence-corrected chi connectivity index (χ1v) is 7.12. The topological polar surface area (TPSA) is 58.9 Å². The van der Waals surface area contributed by atoms with Gasteiger partial charge in [-0.25, -0.2) is 0 Å². The highest BCUT2D eigenvalue weighted by molar-refractivity contribution is 5.38. The van der Waals surface area contributed by atoms with Crippen LogP contribution in [0.3, 0.4) is 0 Å². The van der Waals surface area contributed by atoms with Crippen molar-refractivity contribution in [2.24, 2.45) is 0 Å². The second kappa shape index (κ2) is 6.00. The Kier molecular flexibility index (Phi) is 3.92. The van der Waals surface area contributed by atoms with E-state index in [1.54, 1.807) is 4.68 Å². The van der Waals surface area contributed by atoms with Gasteiger partial charge in [0.2, 0.25) is 5.95 Å². The minimum atomic E-state index is 0.560. The van der Waals surface area contributed by atoms with Crippen LogP contribution >= 0.6 is 0 Å². The third kappa shape index (κ3) is 2.80. The first-order chi connectivity index (χ1) is 9.84. The maximum absolute atomic E-state index is 4.07. The number of likely N-dealkylation sites (tertiary alicyclic amines) is 1. The summed E-state index contributed by atoms with van der Waals surface area (Å²) in [5.74, 6) is 0.704. The number of benzene rings is 1. The average molecular weight is 272 g/mol. The van der Waals surface area contributed by atoms with Gasteiger partial charge in [-0.05, 0) is 49.0 Å². The van der Waals surface area contributed by atoms with Crippen LogP contribution < -0.4 is 5.32 Å². The van der Waals surface area contributed by atoms with Crippen molar-refractivity contribution in [2.75, 3.05) is 25.5 Å². The third-order valence-corrected chi connectivity index (χ3v) is 3.89. The van der Waals surface area contributed by atoms with Crippen LogP contribution in [-0.2, 0) is 0 Å². The van der Waals surface area contributed by atoms with Gasteiger partial charge in [-0.2, -0.15) is 4.68 Å². The first-order valence-electron chi connectivity index (χ1n) is 7.12. The molecule has 0 aliphatic carbocycles. The van der Waals surface area contributed by atoms with E-state index in [4.69, 9.17) is 0 Å². The molecule has 0 spiro atoms. The van der Waals surface area contributed by atoms with Gasteiger partial charge in [-0.3, -0.25) is 0 Å². The second-order valence-corrected chi connectivity index (χ2v) is 5.26. The van der Waals surface area contributed by atoms with Crippen molar-refractivity contribution in [3.05, 3.63) is 30.3 Å². The van der Waals surface area contributed by atoms with E-state index < -0.39 is 0 Å². The lowest BCUT2D eigenvalue weighted by molar-refractivity contribution is 0.194. The van der Waals surface area contributed by atoms with Crippen molar-refractivity contribution in [3.63, 3.8) is 0 Å². The zero-order valence-corrected chi connectivity index (χ0v) is 11.7.